The van der Waals surface area contributed by atoms with E-state index in [9.17, 15) is 15.0 Å². The van der Waals surface area contributed by atoms with Crippen molar-refractivity contribution in [2.24, 2.45) is 5.41 Å². The topological polar surface area (TPSA) is 135 Å². The molecule has 11 heteroatoms. The molecule has 2 fully saturated rings. The fourth-order valence-electron chi connectivity index (χ4n) is 5.03. The van der Waals surface area contributed by atoms with Gasteiger partial charge in [0.05, 0.1) is 21.7 Å². The van der Waals surface area contributed by atoms with E-state index in [1.807, 2.05) is 23.6 Å². The van der Waals surface area contributed by atoms with Gasteiger partial charge in [-0.3, -0.25) is 4.79 Å². The monoisotopic (exact) mass is 556 g/mol. The number of nitrogens with zero attached hydrogens (tertiary/aromatic N) is 4. The molecule has 2 saturated heterocycles. The van der Waals surface area contributed by atoms with Crippen LogP contribution in [0.1, 0.15) is 38.4 Å². The number of rotatable bonds is 10. The third-order valence-electron chi connectivity index (χ3n) is 7.19. The van der Waals surface area contributed by atoms with Crippen LogP contribution in [0.25, 0.3) is 17.0 Å². The van der Waals surface area contributed by atoms with Crippen LogP contribution < -0.4 is 15.0 Å². The van der Waals surface area contributed by atoms with Crippen molar-refractivity contribution in [3.8, 4) is 17.1 Å². The molecular weight excluding hydrogens is 520 g/mol. The Hall–Kier alpha value is -3.21. The van der Waals surface area contributed by atoms with Crippen molar-refractivity contribution in [1.82, 2.24) is 20.2 Å². The summed E-state index contributed by atoms with van der Waals surface area (Å²) < 4.78 is 5.78. The molecule has 0 saturated carbocycles. The SMILES string of the molecule is CNC[C@@H](O)COc1ccc(Cl)c(-c2nc(/C(C(C)=N)=C(\C)O)c(C)c(N3CC(C)(C(=O)N4CCC4)C3)n2)c1. The molecule has 1 aromatic heterocycles. The van der Waals surface area contributed by atoms with Crippen LogP contribution in [0.15, 0.2) is 24.0 Å². The second-order valence-corrected chi connectivity index (χ2v) is 11.1. The fraction of sp³-hybridized carbons (Fsp3) is 0.500. The van der Waals surface area contributed by atoms with E-state index in [2.05, 4.69) is 5.32 Å². The lowest BCUT2D eigenvalue weighted by atomic mass is 9.79. The summed E-state index contributed by atoms with van der Waals surface area (Å²) >= 11 is 6.60. The second-order valence-electron chi connectivity index (χ2n) is 10.7. The first-order valence-corrected chi connectivity index (χ1v) is 13.5. The largest absolute Gasteiger partial charge is 0.512 e. The van der Waals surface area contributed by atoms with Crippen molar-refractivity contribution in [1.29, 1.82) is 5.41 Å². The highest BCUT2D eigenvalue weighted by molar-refractivity contribution is 6.33. The third-order valence-corrected chi connectivity index (χ3v) is 7.52. The number of allylic oxidation sites excluding steroid dienone is 2. The number of hydrogen-bond donors (Lipinski definition) is 4. The van der Waals surface area contributed by atoms with Crippen LogP contribution in [-0.4, -0.2) is 89.2 Å². The van der Waals surface area contributed by atoms with E-state index in [0.717, 1.165) is 19.5 Å². The van der Waals surface area contributed by atoms with Crippen molar-refractivity contribution < 1.29 is 19.7 Å². The molecule has 3 heterocycles. The number of ether oxygens (including phenoxy) is 1. The standard InChI is InChI=1S/C28H37ClN6O4/c1-16-24(23(17(2)30)18(3)36)32-25(21-11-20(7-8-22(21)29)39-13-19(37)12-31-5)33-26(16)35-14-28(4,15-35)27(38)34-9-6-10-34/h7-8,11,19,30-31,36-37H,6,9-10,12-15H2,1-5H3/b23-18+,30-17?/t19-/m1/s1. The van der Waals surface area contributed by atoms with Crippen LogP contribution in [0.5, 0.6) is 5.75 Å². The Morgan fingerprint density at radius 2 is 1.97 bits per heavy atom. The molecule has 2 aromatic rings. The maximum absolute atomic E-state index is 13.0. The molecule has 2 aliphatic heterocycles. The predicted octanol–water partition coefficient (Wildman–Crippen LogP) is 3.45. The summed E-state index contributed by atoms with van der Waals surface area (Å²) in [5, 5.41) is 32.1. The summed E-state index contributed by atoms with van der Waals surface area (Å²) in [5.74, 6) is 1.55. The van der Waals surface area contributed by atoms with Gasteiger partial charge in [-0.1, -0.05) is 11.6 Å². The number of likely N-dealkylation sites (N-methyl/N-ethyl adjacent to an activating group) is 1. The molecule has 1 amide bonds. The molecule has 1 aromatic carbocycles. The van der Waals surface area contributed by atoms with Crippen LogP contribution in [0.3, 0.4) is 0 Å². The van der Waals surface area contributed by atoms with Crippen molar-refractivity contribution in [2.75, 3.05) is 51.3 Å². The van der Waals surface area contributed by atoms with Gasteiger partial charge in [0, 0.05) is 49.6 Å². The summed E-state index contributed by atoms with van der Waals surface area (Å²) in [6.07, 6.45) is 0.360. The zero-order valence-electron chi connectivity index (χ0n) is 23.1. The zero-order valence-corrected chi connectivity index (χ0v) is 23.9. The van der Waals surface area contributed by atoms with Crippen molar-refractivity contribution >= 4 is 34.6 Å². The van der Waals surface area contributed by atoms with E-state index >= 15 is 0 Å². The van der Waals surface area contributed by atoms with Crippen LogP contribution >= 0.6 is 11.6 Å². The maximum atomic E-state index is 13.0. The number of benzene rings is 1. The molecule has 2 aliphatic rings. The van der Waals surface area contributed by atoms with E-state index in [4.69, 9.17) is 31.7 Å². The zero-order chi connectivity index (χ0) is 28.5. The number of amides is 1. The summed E-state index contributed by atoms with van der Waals surface area (Å²) in [7, 11) is 1.75. The molecule has 0 unspecified atom stereocenters. The first kappa shape index (κ1) is 28.8. The van der Waals surface area contributed by atoms with Gasteiger partial charge >= 0.3 is 0 Å². The number of hydrogen-bond acceptors (Lipinski definition) is 9. The normalized spacial score (nSPS) is 17.6. The molecule has 0 spiro atoms. The lowest BCUT2D eigenvalue weighted by Crippen LogP contribution is -2.64. The Balaban J connectivity index is 1.74. The Labute approximate surface area is 234 Å². The van der Waals surface area contributed by atoms with Gasteiger partial charge in [0.25, 0.3) is 0 Å². The van der Waals surface area contributed by atoms with Gasteiger partial charge in [-0.15, -0.1) is 0 Å². The van der Waals surface area contributed by atoms with Crippen LogP contribution in [0, 0.1) is 17.7 Å². The van der Waals surface area contributed by atoms with E-state index < -0.39 is 11.5 Å². The Kier molecular flexibility index (Phi) is 8.48. The highest BCUT2D eigenvalue weighted by atomic mass is 35.5. The molecular formula is C28H37ClN6O4. The van der Waals surface area contributed by atoms with Crippen LogP contribution in [0.2, 0.25) is 5.02 Å². The number of anilines is 1. The molecule has 4 rings (SSSR count). The average Bonchev–Trinajstić information content (AvgIpc) is 2.81. The number of aromatic nitrogens is 2. The number of carbonyl (C=O) groups is 1. The maximum Gasteiger partial charge on any atom is 0.232 e. The van der Waals surface area contributed by atoms with E-state index in [1.54, 1.807) is 32.2 Å². The Bertz CT molecular complexity index is 1300. The molecule has 4 N–H and O–H groups in total. The summed E-state index contributed by atoms with van der Waals surface area (Å²) in [4.78, 5) is 26.6. The first-order chi connectivity index (χ1) is 18.4. The van der Waals surface area contributed by atoms with E-state index in [-0.39, 0.29) is 24.0 Å². The van der Waals surface area contributed by atoms with Gasteiger partial charge in [-0.25, -0.2) is 9.97 Å². The van der Waals surface area contributed by atoms with E-state index in [1.165, 1.54) is 6.92 Å². The lowest BCUT2D eigenvalue weighted by Gasteiger charge is -2.51. The second kappa shape index (κ2) is 11.5. The van der Waals surface area contributed by atoms with Gasteiger partial charge in [-0.2, -0.15) is 0 Å². The highest BCUT2D eigenvalue weighted by Crippen LogP contribution is 2.40. The lowest BCUT2D eigenvalue weighted by molar-refractivity contribution is -0.146. The van der Waals surface area contributed by atoms with Gasteiger partial charge in [0.2, 0.25) is 5.91 Å². The molecule has 39 heavy (non-hydrogen) atoms. The van der Waals surface area contributed by atoms with Gasteiger partial charge in [0.15, 0.2) is 5.82 Å². The number of aliphatic hydroxyl groups is 2. The highest BCUT2D eigenvalue weighted by Gasteiger charge is 2.49. The van der Waals surface area contributed by atoms with Crippen molar-refractivity contribution in [2.45, 2.75) is 40.2 Å². The minimum atomic E-state index is -0.682. The first-order valence-electron chi connectivity index (χ1n) is 13.1. The molecule has 0 aliphatic carbocycles. The number of aliphatic hydroxyl groups excluding tert-OH is 2. The number of nitrogens with one attached hydrogen (secondary N) is 2. The fourth-order valence-corrected chi connectivity index (χ4v) is 5.23. The molecule has 0 radical (unpaired) electrons. The molecule has 0 bridgehead atoms. The smallest absolute Gasteiger partial charge is 0.232 e. The number of likely N-dealkylation sites (tertiary alicyclic amines) is 1. The molecule has 210 valence electrons. The predicted molar refractivity (Wildman–Crippen MR) is 153 cm³/mol. The molecule has 1 atom stereocenters. The summed E-state index contributed by atoms with van der Waals surface area (Å²) in [6.45, 7) is 10.1. The summed E-state index contributed by atoms with van der Waals surface area (Å²) in [5.41, 5.74) is 1.62. The Morgan fingerprint density at radius 3 is 2.54 bits per heavy atom. The quantitative estimate of drug-likeness (QED) is 0.258. The number of carbonyl (C=O) groups excluding carboxylic acids is 1. The average molecular weight is 557 g/mol. The van der Waals surface area contributed by atoms with Gasteiger partial charge < -0.3 is 35.5 Å². The van der Waals surface area contributed by atoms with Crippen molar-refractivity contribution in [3.05, 3.63) is 40.2 Å². The van der Waals surface area contributed by atoms with E-state index in [0.29, 0.717) is 64.4 Å². The summed E-state index contributed by atoms with van der Waals surface area (Å²) in [6, 6.07) is 5.11. The van der Waals surface area contributed by atoms with Crippen molar-refractivity contribution in [3.63, 3.8) is 0 Å². The molecule has 10 nitrogen and oxygen atoms in total. The third kappa shape index (κ3) is 5.88. The Morgan fingerprint density at radius 1 is 1.28 bits per heavy atom. The minimum absolute atomic E-state index is 0.0238. The van der Waals surface area contributed by atoms with Crippen LogP contribution in [0.4, 0.5) is 5.82 Å². The van der Waals surface area contributed by atoms with Crippen LogP contribution in [-0.2, 0) is 4.79 Å². The number of halogens is 1. The minimum Gasteiger partial charge on any atom is -0.512 e. The van der Waals surface area contributed by atoms with Gasteiger partial charge in [-0.05, 0) is 59.4 Å². The van der Waals surface area contributed by atoms with Gasteiger partial charge in [0.1, 0.15) is 30.0 Å².